The van der Waals surface area contributed by atoms with E-state index in [9.17, 15) is 0 Å². The maximum atomic E-state index is 8.30. The number of azide groups is 1. The van der Waals surface area contributed by atoms with Crippen LogP contribution in [0.25, 0.3) is 10.4 Å². The average Bonchev–Trinajstić information content (AvgIpc) is 2.10. The van der Waals surface area contributed by atoms with Gasteiger partial charge in [0.05, 0.1) is 6.61 Å². The monoisotopic (exact) mass is 177 g/mol. The van der Waals surface area contributed by atoms with Gasteiger partial charge < -0.3 is 4.74 Å². The van der Waals surface area contributed by atoms with Gasteiger partial charge in [-0.2, -0.15) is 0 Å². The lowest BCUT2D eigenvalue weighted by Gasteiger charge is -2.04. The molecule has 0 amide bonds. The Bertz CT molecular complexity index is 343. The standard InChI is InChI=1S/C9H11N3O/c1-7-3-4-9(11-12-10)8(5-7)6-13-2/h3-5H,6H2,1-2H3. The molecule has 0 heterocycles. The Balaban J connectivity index is 3.09. The molecule has 1 aromatic rings. The van der Waals surface area contributed by atoms with E-state index in [1.165, 1.54) is 0 Å². The van der Waals surface area contributed by atoms with Crippen molar-refractivity contribution in [3.8, 4) is 0 Å². The fourth-order valence-electron chi connectivity index (χ4n) is 1.13. The van der Waals surface area contributed by atoms with E-state index in [1.807, 2.05) is 19.1 Å². The number of benzene rings is 1. The summed E-state index contributed by atoms with van der Waals surface area (Å²) < 4.78 is 4.99. The van der Waals surface area contributed by atoms with Crippen molar-refractivity contribution < 1.29 is 4.74 Å². The first kappa shape index (κ1) is 9.58. The van der Waals surface area contributed by atoms with Crippen LogP contribution in [0.4, 0.5) is 5.69 Å². The molecule has 0 aromatic heterocycles. The molecular formula is C9H11N3O. The van der Waals surface area contributed by atoms with Crippen LogP contribution in [0.3, 0.4) is 0 Å². The van der Waals surface area contributed by atoms with Crippen LogP contribution < -0.4 is 0 Å². The zero-order chi connectivity index (χ0) is 9.68. The van der Waals surface area contributed by atoms with Crippen molar-refractivity contribution in [1.82, 2.24) is 0 Å². The van der Waals surface area contributed by atoms with E-state index in [1.54, 1.807) is 13.2 Å². The molecular weight excluding hydrogens is 166 g/mol. The van der Waals surface area contributed by atoms with Crippen LogP contribution in [0.2, 0.25) is 0 Å². The lowest BCUT2D eigenvalue weighted by Crippen LogP contribution is -1.88. The van der Waals surface area contributed by atoms with Crippen molar-refractivity contribution >= 4 is 5.69 Å². The highest BCUT2D eigenvalue weighted by Gasteiger charge is 1.99. The summed E-state index contributed by atoms with van der Waals surface area (Å²) in [6.45, 7) is 2.45. The van der Waals surface area contributed by atoms with E-state index in [-0.39, 0.29) is 0 Å². The minimum atomic E-state index is 0.468. The van der Waals surface area contributed by atoms with Crippen molar-refractivity contribution in [2.45, 2.75) is 13.5 Å². The number of methoxy groups -OCH3 is 1. The van der Waals surface area contributed by atoms with Crippen molar-refractivity contribution in [3.63, 3.8) is 0 Å². The predicted molar refractivity (Wildman–Crippen MR) is 50.7 cm³/mol. The van der Waals surface area contributed by atoms with Crippen molar-refractivity contribution in [3.05, 3.63) is 39.8 Å². The average molecular weight is 177 g/mol. The van der Waals surface area contributed by atoms with Crippen LogP contribution in [-0.2, 0) is 11.3 Å². The van der Waals surface area contributed by atoms with E-state index in [2.05, 4.69) is 10.0 Å². The molecule has 0 atom stereocenters. The largest absolute Gasteiger partial charge is 0.380 e. The summed E-state index contributed by atoms with van der Waals surface area (Å²) in [7, 11) is 1.61. The number of aryl methyl sites for hydroxylation is 1. The highest BCUT2D eigenvalue weighted by molar-refractivity contribution is 5.47. The fraction of sp³-hybridized carbons (Fsp3) is 0.333. The third kappa shape index (κ3) is 2.47. The van der Waals surface area contributed by atoms with Crippen molar-refractivity contribution in [1.29, 1.82) is 0 Å². The van der Waals surface area contributed by atoms with Crippen LogP contribution in [-0.4, -0.2) is 7.11 Å². The Hall–Kier alpha value is -1.51. The first-order valence-electron chi connectivity index (χ1n) is 3.91. The molecule has 0 fully saturated rings. The van der Waals surface area contributed by atoms with Crippen LogP contribution in [0, 0.1) is 6.92 Å². The zero-order valence-electron chi connectivity index (χ0n) is 7.69. The van der Waals surface area contributed by atoms with E-state index < -0.39 is 0 Å². The second-order valence-electron chi connectivity index (χ2n) is 2.75. The van der Waals surface area contributed by atoms with E-state index in [4.69, 9.17) is 10.3 Å². The number of rotatable bonds is 3. The molecule has 0 aliphatic heterocycles. The highest BCUT2D eigenvalue weighted by Crippen LogP contribution is 2.21. The summed E-state index contributed by atoms with van der Waals surface area (Å²) in [5.74, 6) is 0. The summed E-state index contributed by atoms with van der Waals surface area (Å²) in [4.78, 5) is 2.75. The van der Waals surface area contributed by atoms with Gasteiger partial charge in [0.25, 0.3) is 0 Å². The molecule has 0 aliphatic rings. The van der Waals surface area contributed by atoms with E-state index in [0.717, 1.165) is 11.1 Å². The Morgan fingerprint density at radius 3 is 2.92 bits per heavy atom. The van der Waals surface area contributed by atoms with Gasteiger partial charge in [-0.15, -0.1) is 0 Å². The number of hydrogen-bond acceptors (Lipinski definition) is 2. The van der Waals surface area contributed by atoms with Crippen molar-refractivity contribution in [2.75, 3.05) is 7.11 Å². The molecule has 0 saturated heterocycles. The van der Waals surface area contributed by atoms with Gasteiger partial charge in [0.15, 0.2) is 0 Å². The second-order valence-corrected chi connectivity index (χ2v) is 2.75. The quantitative estimate of drug-likeness (QED) is 0.397. The highest BCUT2D eigenvalue weighted by atomic mass is 16.5. The molecule has 4 heteroatoms. The second kappa shape index (κ2) is 4.50. The normalized spacial score (nSPS) is 9.38. The third-order valence-corrected chi connectivity index (χ3v) is 1.69. The van der Waals surface area contributed by atoms with E-state index in [0.29, 0.717) is 12.3 Å². The SMILES string of the molecule is COCc1cc(C)ccc1N=[N+]=[N-]. The van der Waals surface area contributed by atoms with Gasteiger partial charge in [-0.1, -0.05) is 28.9 Å². The van der Waals surface area contributed by atoms with Crippen LogP contribution in [0.15, 0.2) is 23.3 Å². The van der Waals surface area contributed by atoms with Gasteiger partial charge in [0, 0.05) is 17.7 Å². The number of hydrogen-bond donors (Lipinski definition) is 0. The molecule has 1 rings (SSSR count). The summed E-state index contributed by atoms with van der Waals surface area (Å²) >= 11 is 0. The van der Waals surface area contributed by atoms with Gasteiger partial charge in [-0.05, 0) is 18.0 Å². The van der Waals surface area contributed by atoms with Gasteiger partial charge in [-0.25, -0.2) is 0 Å². The third-order valence-electron chi connectivity index (χ3n) is 1.69. The minimum absolute atomic E-state index is 0.468. The minimum Gasteiger partial charge on any atom is -0.380 e. The summed E-state index contributed by atoms with van der Waals surface area (Å²) in [5.41, 5.74) is 11.0. The molecule has 0 radical (unpaired) electrons. The molecule has 0 aliphatic carbocycles. The van der Waals surface area contributed by atoms with Gasteiger partial charge in [0.2, 0.25) is 0 Å². The first-order valence-corrected chi connectivity index (χ1v) is 3.91. The van der Waals surface area contributed by atoms with Crippen molar-refractivity contribution in [2.24, 2.45) is 5.11 Å². The maximum absolute atomic E-state index is 8.30. The molecule has 0 N–H and O–H groups in total. The Morgan fingerprint density at radius 1 is 1.54 bits per heavy atom. The molecule has 1 aromatic carbocycles. The number of nitrogens with zero attached hydrogens (tertiary/aromatic N) is 3. The smallest absolute Gasteiger partial charge is 0.0717 e. The predicted octanol–water partition coefficient (Wildman–Crippen LogP) is 3.08. The summed E-state index contributed by atoms with van der Waals surface area (Å²) in [6.07, 6.45) is 0. The Morgan fingerprint density at radius 2 is 2.31 bits per heavy atom. The van der Waals surface area contributed by atoms with Gasteiger partial charge >= 0.3 is 0 Å². The Labute approximate surface area is 76.8 Å². The molecule has 0 bridgehead atoms. The van der Waals surface area contributed by atoms with Gasteiger partial charge in [-0.3, -0.25) is 0 Å². The number of ether oxygens (including phenoxy) is 1. The molecule has 0 saturated carbocycles. The van der Waals surface area contributed by atoms with E-state index >= 15 is 0 Å². The van der Waals surface area contributed by atoms with Crippen LogP contribution in [0.1, 0.15) is 11.1 Å². The lowest BCUT2D eigenvalue weighted by atomic mass is 10.1. The zero-order valence-corrected chi connectivity index (χ0v) is 7.69. The molecule has 4 nitrogen and oxygen atoms in total. The topological polar surface area (TPSA) is 58.0 Å². The van der Waals surface area contributed by atoms with Crippen LogP contribution in [0.5, 0.6) is 0 Å². The molecule has 0 unspecified atom stereocenters. The summed E-state index contributed by atoms with van der Waals surface area (Å²) in [6, 6.07) is 5.65. The molecule has 13 heavy (non-hydrogen) atoms. The Kier molecular flexibility index (Phi) is 3.31. The molecule has 68 valence electrons. The maximum Gasteiger partial charge on any atom is 0.0717 e. The summed E-state index contributed by atoms with van der Waals surface area (Å²) in [5, 5.41) is 3.57. The lowest BCUT2D eigenvalue weighted by molar-refractivity contribution is 0.185. The first-order chi connectivity index (χ1) is 6.27. The van der Waals surface area contributed by atoms with Gasteiger partial charge in [0.1, 0.15) is 0 Å². The van der Waals surface area contributed by atoms with Crippen LogP contribution >= 0.6 is 0 Å². The molecule has 0 spiro atoms. The fourth-order valence-corrected chi connectivity index (χ4v) is 1.13.